The van der Waals surface area contributed by atoms with Gasteiger partial charge >= 0.3 is 6.18 Å². The van der Waals surface area contributed by atoms with Crippen LogP contribution in [0.25, 0.3) is 0 Å². The fourth-order valence-corrected chi connectivity index (χ4v) is 4.11. The van der Waals surface area contributed by atoms with Crippen molar-refractivity contribution in [3.8, 4) is 0 Å². The van der Waals surface area contributed by atoms with E-state index in [1.807, 2.05) is 12.2 Å². The molecule has 0 radical (unpaired) electrons. The van der Waals surface area contributed by atoms with Gasteiger partial charge in [0.1, 0.15) is 11.4 Å². The van der Waals surface area contributed by atoms with Crippen LogP contribution in [0.3, 0.4) is 0 Å². The third-order valence-corrected chi connectivity index (χ3v) is 5.40. The lowest BCUT2D eigenvalue weighted by molar-refractivity contribution is -0.137. The molecule has 2 aromatic heterocycles. The van der Waals surface area contributed by atoms with Crippen LogP contribution in [0.5, 0.6) is 0 Å². The number of carbonyl (C=O) groups excluding carboxylic acids is 1. The van der Waals surface area contributed by atoms with Gasteiger partial charge in [-0.2, -0.15) is 23.3 Å². The quantitative estimate of drug-likeness (QED) is 0.497. The van der Waals surface area contributed by atoms with E-state index in [0.29, 0.717) is 18.3 Å². The van der Waals surface area contributed by atoms with Crippen LogP contribution in [-0.2, 0) is 17.5 Å². The summed E-state index contributed by atoms with van der Waals surface area (Å²) >= 11 is 0. The second-order valence-corrected chi connectivity index (χ2v) is 7.34. The Hall–Kier alpha value is -3.15. The Bertz CT molecular complexity index is 975. The van der Waals surface area contributed by atoms with Crippen molar-refractivity contribution >= 4 is 23.4 Å². The molecule has 160 valence electrons. The van der Waals surface area contributed by atoms with Crippen molar-refractivity contribution in [3.05, 3.63) is 36.3 Å². The number of nitrogens with one attached hydrogen (secondary N) is 2. The number of aliphatic hydroxyl groups is 1. The average Bonchev–Trinajstić information content (AvgIpc) is 3.38. The third kappa shape index (κ3) is 3.82. The number of aliphatic hydroxyl groups excluding tert-OH is 1. The first-order valence-electron chi connectivity index (χ1n) is 9.35. The fraction of sp³-hybridized carbons (Fsp3) is 0.444. The highest BCUT2D eigenvalue weighted by Gasteiger charge is 2.48. The number of nitrogens with zero attached hydrogens (tertiary/aromatic N) is 4. The minimum atomic E-state index is -4.68. The molecule has 9 nitrogen and oxygen atoms in total. The SMILES string of the molecule is NC(=O)[C@H]1[C@@H](Nc2nc(Nc3cnn(CCO)c3)ncc2C(F)(F)F)[C@@H]2C=C[C@H]1C2. The zero-order chi connectivity index (χ0) is 21.5. The Morgan fingerprint density at radius 2 is 2.07 bits per heavy atom. The standard InChI is InChI=1S/C18H20F3N7O2/c19-18(20,21)12-7-23-17(25-11-6-24-28(8-11)3-4-29)27-16(12)26-14-10-2-1-9(5-10)13(14)15(22)30/h1-2,6-10,13-14,29H,3-5H2,(H2,22,30)(H2,23,25,26,27)/t9-,10+,13+,14-/m0/s1. The number of hydrogen-bond acceptors (Lipinski definition) is 7. The number of nitrogens with two attached hydrogens (primary N) is 1. The summed E-state index contributed by atoms with van der Waals surface area (Å²) in [5.74, 6) is -1.83. The van der Waals surface area contributed by atoms with Gasteiger partial charge in [0.15, 0.2) is 0 Å². The Morgan fingerprint density at radius 3 is 2.77 bits per heavy atom. The van der Waals surface area contributed by atoms with E-state index in [1.165, 1.54) is 10.9 Å². The highest BCUT2D eigenvalue weighted by molar-refractivity contribution is 5.80. The van der Waals surface area contributed by atoms with Crippen LogP contribution in [0, 0.1) is 17.8 Å². The van der Waals surface area contributed by atoms with Gasteiger partial charge in [0.2, 0.25) is 11.9 Å². The van der Waals surface area contributed by atoms with Crippen molar-refractivity contribution in [3.63, 3.8) is 0 Å². The molecule has 1 saturated carbocycles. The van der Waals surface area contributed by atoms with Gasteiger partial charge in [-0.15, -0.1) is 0 Å². The molecular weight excluding hydrogens is 403 g/mol. The highest BCUT2D eigenvalue weighted by atomic mass is 19.4. The zero-order valence-corrected chi connectivity index (χ0v) is 15.7. The van der Waals surface area contributed by atoms with Gasteiger partial charge < -0.3 is 21.5 Å². The maximum absolute atomic E-state index is 13.5. The molecule has 1 amide bonds. The summed E-state index contributed by atoms with van der Waals surface area (Å²) in [7, 11) is 0. The molecule has 0 spiro atoms. The van der Waals surface area contributed by atoms with E-state index in [9.17, 15) is 18.0 Å². The zero-order valence-electron chi connectivity index (χ0n) is 15.7. The summed E-state index contributed by atoms with van der Waals surface area (Å²) in [5.41, 5.74) is 4.93. The molecule has 2 aromatic rings. The van der Waals surface area contributed by atoms with Gasteiger partial charge in [-0.05, 0) is 18.3 Å². The van der Waals surface area contributed by atoms with Crippen LogP contribution in [0.2, 0.25) is 0 Å². The number of halogens is 3. The number of alkyl halides is 3. The summed E-state index contributed by atoms with van der Waals surface area (Å²) in [6.07, 6.45) is 3.46. The molecule has 30 heavy (non-hydrogen) atoms. The van der Waals surface area contributed by atoms with E-state index in [-0.39, 0.29) is 30.9 Å². The minimum Gasteiger partial charge on any atom is -0.394 e. The lowest BCUT2D eigenvalue weighted by Crippen LogP contribution is -2.41. The summed E-state index contributed by atoms with van der Waals surface area (Å²) in [5, 5.41) is 18.6. The van der Waals surface area contributed by atoms with Gasteiger partial charge in [-0.25, -0.2) is 4.98 Å². The summed E-state index contributed by atoms with van der Waals surface area (Å²) in [6, 6.07) is -0.575. The second kappa shape index (κ2) is 7.59. The molecule has 0 aromatic carbocycles. The van der Waals surface area contributed by atoms with Crippen LogP contribution in [-0.4, -0.2) is 43.4 Å². The number of allylic oxidation sites excluding steroid dienone is 1. The summed E-state index contributed by atoms with van der Waals surface area (Å²) in [6.45, 7) is 0.166. The normalized spacial score (nSPS) is 24.9. The summed E-state index contributed by atoms with van der Waals surface area (Å²) in [4.78, 5) is 19.7. The third-order valence-electron chi connectivity index (χ3n) is 5.40. The van der Waals surface area contributed by atoms with E-state index >= 15 is 0 Å². The average molecular weight is 423 g/mol. The molecule has 0 unspecified atom stereocenters. The van der Waals surface area contributed by atoms with E-state index in [4.69, 9.17) is 10.8 Å². The van der Waals surface area contributed by atoms with Gasteiger partial charge in [0, 0.05) is 18.4 Å². The number of anilines is 3. The van der Waals surface area contributed by atoms with Crippen molar-refractivity contribution in [2.45, 2.75) is 25.2 Å². The molecule has 2 aliphatic carbocycles. The van der Waals surface area contributed by atoms with Gasteiger partial charge in [0.25, 0.3) is 0 Å². The maximum atomic E-state index is 13.5. The first kappa shape index (κ1) is 20.1. The fourth-order valence-electron chi connectivity index (χ4n) is 4.11. The molecule has 2 bridgehead atoms. The highest BCUT2D eigenvalue weighted by Crippen LogP contribution is 2.45. The van der Waals surface area contributed by atoms with E-state index in [1.54, 1.807) is 6.20 Å². The molecule has 0 aliphatic heterocycles. The van der Waals surface area contributed by atoms with Crippen molar-refractivity contribution < 1.29 is 23.1 Å². The molecule has 12 heteroatoms. The lowest BCUT2D eigenvalue weighted by Gasteiger charge is -2.28. The smallest absolute Gasteiger partial charge is 0.394 e. The number of carbonyl (C=O) groups is 1. The number of rotatable bonds is 7. The van der Waals surface area contributed by atoms with Gasteiger partial charge in [-0.3, -0.25) is 9.48 Å². The molecular formula is C18H20F3N7O2. The van der Waals surface area contributed by atoms with E-state index in [2.05, 4.69) is 25.7 Å². The number of amides is 1. The molecule has 2 heterocycles. The summed E-state index contributed by atoms with van der Waals surface area (Å²) < 4.78 is 42.1. The first-order valence-corrected chi connectivity index (χ1v) is 9.35. The van der Waals surface area contributed by atoms with Gasteiger partial charge in [0.05, 0.1) is 31.0 Å². The van der Waals surface area contributed by atoms with Crippen molar-refractivity contribution in [2.75, 3.05) is 17.2 Å². The van der Waals surface area contributed by atoms with Crippen LogP contribution in [0.1, 0.15) is 12.0 Å². The minimum absolute atomic E-state index is 0.0663. The first-order chi connectivity index (χ1) is 14.3. The second-order valence-electron chi connectivity index (χ2n) is 7.34. The van der Waals surface area contributed by atoms with Gasteiger partial charge in [-0.1, -0.05) is 12.2 Å². The molecule has 4 atom stereocenters. The Balaban J connectivity index is 1.62. The Morgan fingerprint density at radius 1 is 1.30 bits per heavy atom. The predicted octanol–water partition coefficient (Wildman–Crippen LogP) is 1.52. The molecule has 0 saturated heterocycles. The van der Waals surface area contributed by atoms with Crippen molar-refractivity contribution in [1.82, 2.24) is 19.7 Å². The largest absolute Gasteiger partial charge is 0.421 e. The molecule has 4 rings (SSSR count). The monoisotopic (exact) mass is 423 g/mol. The molecule has 2 aliphatic rings. The molecule has 5 N–H and O–H groups in total. The van der Waals surface area contributed by atoms with Crippen LogP contribution in [0.15, 0.2) is 30.7 Å². The topological polar surface area (TPSA) is 131 Å². The molecule has 1 fully saturated rings. The van der Waals surface area contributed by atoms with Crippen LogP contribution >= 0.6 is 0 Å². The number of primary amides is 1. The van der Waals surface area contributed by atoms with Crippen LogP contribution < -0.4 is 16.4 Å². The number of fused-ring (bicyclic) bond motifs is 2. The van der Waals surface area contributed by atoms with Crippen molar-refractivity contribution in [1.29, 1.82) is 0 Å². The number of aromatic nitrogens is 4. The van der Waals surface area contributed by atoms with E-state index < -0.39 is 35.4 Å². The Labute approximate surface area is 169 Å². The lowest BCUT2D eigenvalue weighted by atomic mass is 9.88. The maximum Gasteiger partial charge on any atom is 0.421 e. The van der Waals surface area contributed by atoms with Crippen LogP contribution in [0.4, 0.5) is 30.6 Å². The predicted molar refractivity (Wildman–Crippen MR) is 100 cm³/mol. The van der Waals surface area contributed by atoms with E-state index in [0.717, 1.165) is 0 Å². The Kier molecular flexibility index (Phi) is 5.10. The van der Waals surface area contributed by atoms with Crippen molar-refractivity contribution in [2.24, 2.45) is 23.5 Å². The number of hydrogen-bond donors (Lipinski definition) is 4.